The van der Waals surface area contributed by atoms with Crippen molar-refractivity contribution in [3.63, 3.8) is 0 Å². The Balaban J connectivity index is 1.77. The van der Waals surface area contributed by atoms with Gasteiger partial charge in [0.25, 0.3) is 0 Å². The van der Waals surface area contributed by atoms with Gasteiger partial charge in [-0.25, -0.2) is 13.2 Å². The minimum atomic E-state index is -3.92. The molecule has 49 heavy (non-hydrogen) atoms. The van der Waals surface area contributed by atoms with Crippen LogP contribution in [0.1, 0.15) is 84.3 Å². The fourth-order valence-electron chi connectivity index (χ4n) is 5.68. The molecule has 10 nitrogen and oxygen atoms in total. The Morgan fingerprint density at radius 2 is 1.41 bits per heavy atom. The average molecular weight is 695 g/mol. The second-order valence-corrected chi connectivity index (χ2v) is 15.8. The van der Waals surface area contributed by atoms with E-state index < -0.39 is 45.8 Å². The van der Waals surface area contributed by atoms with E-state index in [1.54, 1.807) is 39.8 Å². The fraction of sp³-hybridized carbons (Fsp3) is 0.474. The fourth-order valence-corrected chi connectivity index (χ4v) is 7.42. The smallest absolute Gasteiger partial charge is 0.408 e. The van der Waals surface area contributed by atoms with Gasteiger partial charge in [-0.3, -0.25) is 4.79 Å². The zero-order valence-electron chi connectivity index (χ0n) is 29.6. The topological polar surface area (TPSA) is 151 Å². The van der Waals surface area contributed by atoms with Crippen molar-refractivity contribution < 1.29 is 27.9 Å². The van der Waals surface area contributed by atoms with Crippen molar-refractivity contribution in [1.82, 2.24) is 14.9 Å². The van der Waals surface area contributed by atoms with Gasteiger partial charge in [0.1, 0.15) is 11.6 Å². The number of carbonyl (C=O) groups excluding carboxylic acids is 2. The van der Waals surface area contributed by atoms with E-state index >= 15 is 0 Å². The summed E-state index contributed by atoms with van der Waals surface area (Å²) in [7, 11) is -3.92. The maximum Gasteiger partial charge on any atom is 0.408 e. The van der Waals surface area contributed by atoms with Crippen molar-refractivity contribution in [2.24, 2.45) is 5.92 Å². The first-order chi connectivity index (χ1) is 23.1. The van der Waals surface area contributed by atoms with E-state index in [4.69, 9.17) is 10.5 Å². The van der Waals surface area contributed by atoms with Gasteiger partial charge in [-0.15, -0.1) is 0 Å². The van der Waals surface area contributed by atoms with Crippen LogP contribution in [0.25, 0.3) is 0 Å². The lowest BCUT2D eigenvalue weighted by molar-refractivity contribution is -0.123. The molecule has 3 rings (SSSR count). The summed E-state index contributed by atoms with van der Waals surface area (Å²) in [6, 6.07) is 23.5. The molecule has 1 unspecified atom stereocenters. The van der Waals surface area contributed by atoms with Gasteiger partial charge in [0.15, 0.2) is 0 Å². The van der Waals surface area contributed by atoms with Crippen LogP contribution in [0.5, 0.6) is 0 Å². The number of nitrogens with two attached hydrogens (primary N) is 1. The largest absolute Gasteiger partial charge is 0.444 e. The third-order valence-electron chi connectivity index (χ3n) is 8.17. The van der Waals surface area contributed by atoms with E-state index in [2.05, 4.69) is 10.6 Å². The molecule has 0 saturated carbocycles. The summed E-state index contributed by atoms with van der Waals surface area (Å²) >= 11 is 0. The van der Waals surface area contributed by atoms with E-state index in [9.17, 15) is 23.1 Å². The number of hydrogen-bond donors (Lipinski definition) is 4. The molecule has 268 valence electrons. The van der Waals surface area contributed by atoms with Crippen molar-refractivity contribution in [2.45, 2.75) is 102 Å². The number of rotatable bonds is 17. The minimum Gasteiger partial charge on any atom is -0.444 e. The number of hydrogen-bond acceptors (Lipinski definition) is 7. The van der Waals surface area contributed by atoms with Crippen LogP contribution in [0.15, 0.2) is 89.8 Å². The number of nitrogens with zero attached hydrogens (tertiary/aromatic N) is 1. The van der Waals surface area contributed by atoms with E-state index in [-0.39, 0.29) is 29.8 Å². The highest BCUT2D eigenvalue weighted by Gasteiger charge is 2.35. The van der Waals surface area contributed by atoms with Crippen molar-refractivity contribution >= 4 is 27.7 Å². The molecule has 3 aromatic rings. The van der Waals surface area contributed by atoms with Crippen LogP contribution < -0.4 is 16.4 Å². The Hall–Kier alpha value is -3.93. The van der Waals surface area contributed by atoms with Gasteiger partial charge in [0.2, 0.25) is 15.9 Å². The number of aliphatic hydroxyl groups is 1. The van der Waals surface area contributed by atoms with Gasteiger partial charge >= 0.3 is 6.09 Å². The zero-order chi connectivity index (χ0) is 36.2. The van der Waals surface area contributed by atoms with Crippen LogP contribution in [-0.4, -0.2) is 66.7 Å². The van der Waals surface area contributed by atoms with Crippen LogP contribution >= 0.6 is 0 Å². The monoisotopic (exact) mass is 694 g/mol. The van der Waals surface area contributed by atoms with E-state index in [0.717, 1.165) is 11.1 Å². The molecule has 0 radical (unpaired) electrons. The highest BCUT2D eigenvalue weighted by molar-refractivity contribution is 7.89. The molecule has 2 amide bonds. The van der Waals surface area contributed by atoms with Crippen LogP contribution in [-0.2, 0) is 19.6 Å². The highest BCUT2D eigenvalue weighted by atomic mass is 32.2. The van der Waals surface area contributed by atoms with E-state index in [1.165, 1.54) is 16.4 Å². The Morgan fingerprint density at radius 3 is 1.90 bits per heavy atom. The van der Waals surface area contributed by atoms with Crippen LogP contribution in [0, 0.1) is 5.92 Å². The number of anilines is 1. The number of carbonyl (C=O) groups is 2. The van der Waals surface area contributed by atoms with Crippen LogP contribution in [0.3, 0.4) is 0 Å². The first-order valence-electron chi connectivity index (χ1n) is 17.0. The van der Waals surface area contributed by atoms with E-state index in [0.29, 0.717) is 31.4 Å². The zero-order valence-corrected chi connectivity index (χ0v) is 30.5. The molecule has 0 aromatic heterocycles. The molecular weight excluding hydrogens is 641 g/mol. The predicted octanol–water partition coefficient (Wildman–Crippen LogP) is 6.07. The second-order valence-electron chi connectivity index (χ2n) is 13.9. The number of ether oxygens (including phenoxy) is 1. The predicted molar refractivity (Wildman–Crippen MR) is 194 cm³/mol. The summed E-state index contributed by atoms with van der Waals surface area (Å²) in [6.45, 7) is 11.5. The summed E-state index contributed by atoms with van der Waals surface area (Å²) in [4.78, 5) is 27.0. The molecule has 3 atom stereocenters. The number of benzene rings is 3. The number of amides is 2. The van der Waals surface area contributed by atoms with Crippen molar-refractivity contribution in [2.75, 3.05) is 18.8 Å². The van der Waals surface area contributed by atoms with Crippen LogP contribution in [0.2, 0.25) is 0 Å². The Bertz CT molecular complexity index is 1520. The number of sulfonamides is 1. The highest BCUT2D eigenvalue weighted by Crippen LogP contribution is 2.29. The molecule has 3 aromatic carbocycles. The van der Waals surface area contributed by atoms with Crippen molar-refractivity contribution in [3.05, 3.63) is 96.1 Å². The lowest BCUT2D eigenvalue weighted by Crippen LogP contribution is -2.51. The van der Waals surface area contributed by atoms with Crippen molar-refractivity contribution in [1.29, 1.82) is 0 Å². The SMILES string of the molecule is CC(C)CCN([C@@H](CCCCNC(=O)[C@@H](NC(=O)OC(C)(C)C)C(c1ccccc1)c1ccccc1)C(C)O)S(=O)(=O)c1ccc(N)cc1. The Labute approximate surface area is 292 Å². The molecule has 0 heterocycles. The first kappa shape index (κ1) is 39.5. The lowest BCUT2D eigenvalue weighted by atomic mass is 9.84. The summed E-state index contributed by atoms with van der Waals surface area (Å²) in [5.74, 6) is -0.616. The molecule has 0 fully saturated rings. The summed E-state index contributed by atoms with van der Waals surface area (Å²) in [5, 5.41) is 16.6. The average Bonchev–Trinajstić information content (AvgIpc) is 3.03. The summed E-state index contributed by atoms with van der Waals surface area (Å²) < 4.78 is 34.6. The standard InChI is InChI=1S/C38H54N4O6S/c1-27(2)24-26-42(49(46,47)32-22-20-31(39)21-23-32)33(28(3)43)19-13-14-25-40-36(44)35(41-37(45)48-38(4,5)6)34(29-15-9-7-10-16-29)30-17-11-8-12-18-30/h7-12,15-18,20-23,27-28,33-35,43H,13-14,19,24-26,39H2,1-6H3,(H,40,44)(H,41,45)/t28?,33-,35-/m0/s1. The van der Waals surface area contributed by atoms with Crippen LogP contribution in [0.4, 0.5) is 10.5 Å². The first-order valence-corrected chi connectivity index (χ1v) is 18.5. The molecule has 0 bridgehead atoms. The quantitative estimate of drug-likeness (QED) is 0.0990. The van der Waals surface area contributed by atoms with Gasteiger partial charge in [0.05, 0.1) is 17.0 Å². The van der Waals surface area contributed by atoms with Crippen molar-refractivity contribution in [3.8, 4) is 0 Å². The van der Waals surface area contributed by atoms with Gasteiger partial charge in [-0.2, -0.15) is 4.31 Å². The third-order valence-corrected chi connectivity index (χ3v) is 10.1. The molecule has 0 aliphatic rings. The maximum absolute atomic E-state index is 13.9. The molecule has 0 saturated heterocycles. The Kier molecular flexibility index (Phi) is 14.7. The second kappa shape index (κ2) is 18.2. The minimum absolute atomic E-state index is 0.123. The van der Waals surface area contributed by atoms with Gasteiger partial charge in [0, 0.05) is 24.7 Å². The number of nitrogen functional groups attached to an aromatic ring is 1. The lowest BCUT2D eigenvalue weighted by Gasteiger charge is -2.33. The number of nitrogens with one attached hydrogen (secondary N) is 2. The number of aliphatic hydroxyl groups excluding tert-OH is 1. The molecule has 0 aliphatic carbocycles. The number of alkyl carbamates (subject to hydrolysis) is 1. The molecule has 0 spiro atoms. The van der Waals surface area contributed by atoms with Gasteiger partial charge < -0.3 is 26.2 Å². The Morgan fingerprint density at radius 1 is 0.857 bits per heavy atom. The third kappa shape index (κ3) is 12.2. The van der Waals surface area contributed by atoms with Gasteiger partial charge in [-0.1, -0.05) is 80.9 Å². The molecule has 0 aliphatic heterocycles. The number of unbranched alkanes of at least 4 members (excludes halogenated alkanes) is 1. The molecule has 5 N–H and O–H groups in total. The van der Waals surface area contributed by atoms with Gasteiger partial charge in [-0.05, 0) is 88.3 Å². The summed E-state index contributed by atoms with van der Waals surface area (Å²) in [6.07, 6.45) is 0.448. The maximum atomic E-state index is 13.9. The summed E-state index contributed by atoms with van der Waals surface area (Å²) in [5.41, 5.74) is 7.22. The van der Waals surface area contributed by atoms with E-state index in [1.807, 2.05) is 74.5 Å². The molecular formula is C38H54N4O6S. The molecule has 11 heteroatoms. The normalized spacial score (nSPS) is 14.0.